The molecule has 1 saturated carbocycles. The molecular weight excluding hydrogens is 250 g/mol. The van der Waals surface area contributed by atoms with E-state index in [1.54, 1.807) is 7.11 Å². The average molecular weight is 275 g/mol. The van der Waals surface area contributed by atoms with Crippen LogP contribution >= 0.6 is 0 Å². The van der Waals surface area contributed by atoms with Crippen molar-refractivity contribution in [3.63, 3.8) is 0 Å². The summed E-state index contributed by atoms with van der Waals surface area (Å²) in [6.45, 7) is 6.31. The molecule has 1 aliphatic heterocycles. The third-order valence-electron chi connectivity index (χ3n) is 5.00. The van der Waals surface area contributed by atoms with E-state index in [4.69, 9.17) is 9.47 Å². The van der Waals surface area contributed by atoms with Crippen LogP contribution in [0.4, 0.5) is 5.69 Å². The van der Waals surface area contributed by atoms with Crippen molar-refractivity contribution in [2.75, 3.05) is 25.6 Å². The number of hydrogen-bond acceptors (Lipinski definition) is 3. The first-order valence-electron chi connectivity index (χ1n) is 7.59. The van der Waals surface area contributed by atoms with Crippen molar-refractivity contribution in [1.82, 2.24) is 0 Å². The Hall–Kier alpha value is -1.06. The monoisotopic (exact) mass is 275 g/mol. The van der Waals surface area contributed by atoms with Crippen LogP contribution in [0.5, 0.6) is 0 Å². The quantitative estimate of drug-likeness (QED) is 0.895. The van der Waals surface area contributed by atoms with E-state index in [-0.39, 0.29) is 5.41 Å². The third-order valence-corrected chi connectivity index (χ3v) is 5.00. The fourth-order valence-corrected chi connectivity index (χ4v) is 3.88. The number of benzene rings is 1. The molecule has 1 saturated heterocycles. The lowest BCUT2D eigenvalue weighted by Crippen LogP contribution is -2.63. The normalized spacial score (nSPS) is 30.6. The predicted molar refractivity (Wildman–Crippen MR) is 81.1 cm³/mol. The fourth-order valence-electron chi connectivity index (χ4n) is 3.88. The third kappa shape index (κ3) is 2.23. The summed E-state index contributed by atoms with van der Waals surface area (Å²) in [4.78, 5) is 0. The van der Waals surface area contributed by atoms with Gasteiger partial charge in [0, 0.05) is 36.8 Å². The molecule has 0 radical (unpaired) electrons. The van der Waals surface area contributed by atoms with Crippen molar-refractivity contribution < 1.29 is 9.47 Å². The molecule has 110 valence electrons. The molecule has 20 heavy (non-hydrogen) atoms. The highest BCUT2D eigenvalue weighted by Crippen LogP contribution is 2.53. The number of ether oxygens (including phenoxy) is 2. The minimum absolute atomic E-state index is 0.218. The van der Waals surface area contributed by atoms with Gasteiger partial charge in [0.2, 0.25) is 0 Å². The van der Waals surface area contributed by atoms with Gasteiger partial charge in [-0.25, -0.2) is 0 Å². The lowest BCUT2D eigenvalue weighted by molar-refractivity contribution is -0.0923. The van der Waals surface area contributed by atoms with E-state index >= 15 is 0 Å². The number of anilines is 1. The van der Waals surface area contributed by atoms with E-state index in [0.717, 1.165) is 19.6 Å². The molecule has 0 aromatic heterocycles. The van der Waals surface area contributed by atoms with Gasteiger partial charge in [-0.2, -0.15) is 0 Å². The van der Waals surface area contributed by atoms with Crippen molar-refractivity contribution in [3.8, 4) is 0 Å². The lowest BCUT2D eigenvalue weighted by Gasteiger charge is -2.55. The Balaban J connectivity index is 1.74. The van der Waals surface area contributed by atoms with Gasteiger partial charge in [0.1, 0.15) is 0 Å². The number of methoxy groups -OCH3 is 1. The van der Waals surface area contributed by atoms with Crippen molar-refractivity contribution in [1.29, 1.82) is 0 Å². The Morgan fingerprint density at radius 2 is 2.15 bits per heavy atom. The summed E-state index contributed by atoms with van der Waals surface area (Å²) in [5.74, 6) is 0.667. The Morgan fingerprint density at radius 1 is 1.35 bits per heavy atom. The summed E-state index contributed by atoms with van der Waals surface area (Å²) >= 11 is 0. The number of para-hydroxylation sites is 1. The largest absolute Gasteiger partial charge is 0.384 e. The summed E-state index contributed by atoms with van der Waals surface area (Å²) in [5.41, 5.74) is 2.82. The first-order chi connectivity index (χ1) is 9.64. The Kier molecular flexibility index (Phi) is 3.74. The zero-order valence-electron chi connectivity index (χ0n) is 12.7. The molecule has 3 heteroatoms. The van der Waals surface area contributed by atoms with Crippen molar-refractivity contribution in [2.45, 2.75) is 38.8 Å². The summed E-state index contributed by atoms with van der Waals surface area (Å²) in [5, 5.41) is 3.78. The van der Waals surface area contributed by atoms with Gasteiger partial charge in [0.25, 0.3) is 0 Å². The van der Waals surface area contributed by atoms with Crippen molar-refractivity contribution in [3.05, 3.63) is 29.8 Å². The van der Waals surface area contributed by atoms with Crippen LogP contribution in [0.25, 0.3) is 0 Å². The van der Waals surface area contributed by atoms with Gasteiger partial charge < -0.3 is 14.8 Å². The highest BCUT2D eigenvalue weighted by Gasteiger charge is 2.59. The van der Waals surface area contributed by atoms with E-state index in [2.05, 4.69) is 43.4 Å². The van der Waals surface area contributed by atoms with E-state index < -0.39 is 0 Å². The maximum Gasteiger partial charge on any atom is 0.0694 e. The van der Waals surface area contributed by atoms with Gasteiger partial charge >= 0.3 is 0 Å². The summed E-state index contributed by atoms with van der Waals surface area (Å²) in [6, 6.07) is 9.09. The molecule has 1 aromatic rings. The van der Waals surface area contributed by atoms with Crippen LogP contribution in [-0.2, 0) is 15.9 Å². The SMILES string of the molecule is COCCc1ccccc1NC1C2CCOC2C1(C)C. The van der Waals surface area contributed by atoms with Crippen LogP contribution in [0.1, 0.15) is 25.8 Å². The molecule has 3 unspecified atom stereocenters. The number of nitrogens with one attached hydrogen (secondary N) is 1. The van der Waals surface area contributed by atoms with Crippen LogP contribution in [0.2, 0.25) is 0 Å². The molecule has 3 nitrogen and oxygen atoms in total. The van der Waals surface area contributed by atoms with Crippen LogP contribution in [0.15, 0.2) is 24.3 Å². The number of fused-ring (bicyclic) bond motifs is 1. The molecule has 0 spiro atoms. The topological polar surface area (TPSA) is 30.5 Å². The number of rotatable bonds is 5. The van der Waals surface area contributed by atoms with E-state index in [9.17, 15) is 0 Å². The average Bonchev–Trinajstić information content (AvgIpc) is 2.90. The standard InChI is InChI=1S/C17H25NO2/c1-17(2)15(13-9-11-20-16(13)17)18-14-7-5-4-6-12(14)8-10-19-3/h4-7,13,15-16,18H,8-11H2,1-3H3. The molecule has 2 fully saturated rings. The van der Waals surface area contributed by atoms with Crippen LogP contribution < -0.4 is 5.32 Å². The summed E-state index contributed by atoms with van der Waals surface area (Å²) in [7, 11) is 1.76. The molecule has 1 N–H and O–H groups in total. The molecule has 1 aliphatic carbocycles. The summed E-state index contributed by atoms with van der Waals surface area (Å²) in [6.07, 6.45) is 2.58. The van der Waals surface area contributed by atoms with Crippen molar-refractivity contribution in [2.24, 2.45) is 11.3 Å². The van der Waals surface area contributed by atoms with Crippen LogP contribution in [-0.4, -0.2) is 32.5 Å². The second-order valence-electron chi connectivity index (χ2n) is 6.59. The van der Waals surface area contributed by atoms with Gasteiger partial charge in [0.05, 0.1) is 12.7 Å². The second kappa shape index (κ2) is 5.38. The minimum atomic E-state index is 0.218. The molecule has 2 aliphatic rings. The molecule has 3 atom stereocenters. The summed E-state index contributed by atoms with van der Waals surface area (Å²) < 4.78 is 11.1. The van der Waals surface area contributed by atoms with Crippen LogP contribution in [0, 0.1) is 11.3 Å². The van der Waals surface area contributed by atoms with Gasteiger partial charge in [-0.15, -0.1) is 0 Å². The lowest BCUT2D eigenvalue weighted by atomic mass is 9.57. The smallest absolute Gasteiger partial charge is 0.0694 e. The van der Waals surface area contributed by atoms with Crippen LogP contribution in [0.3, 0.4) is 0 Å². The predicted octanol–water partition coefficient (Wildman–Crippen LogP) is 3.10. The molecular formula is C17H25NO2. The van der Waals surface area contributed by atoms with E-state index in [1.807, 2.05) is 0 Å². The maximum atomic E-state index is 5.87. The van der Waals surface area contributed by atoms with Gasteiger partial charge in [-0.05, 0) is 24.5 Å². The molecule has 1 heterocycles. The maximum absolute atomic E-state index is 5.87. The zero-order valence-corrected chi connectivity index (χ0v) is 12.7. The van der Waals surface area contributed by atoms with Gasteiger partial charge in [-0.3, -0.25) is 0 Å². The minimum Gasteiger partial charge on any atom is -0.384 e. The first-order valence-corrected chi connectivity index (χ1v) is 7.59. The Morgan fingerprint density at radius 3 is 2.95 bits per heavy atom. The molecule has 0 amide bonds. The molecule has 0 bridgehead atoms. The van der Waals surface area contributed by atoms with Gasteiger partial charge in [0.15, 0.2) is 0 Å². The molecule has 3 rings (SSSR count). The molecule has 1 aromatic carbocycles. The first kappa shape index (κ1) is 13.9. The zero-order chi connectivity index (χ0) is 14.2. The number of hydrogen-bond donors (Lipinski definition) is 1. The van der Waals surface area contributed by atoms with Gasteiger partial charge in [-0.1, -0.05) is 32.0 Å². The Labute approximate surface area is 121 Å². The second-order valence-corrected chi connectivity index (χ2v) is 6.59. The highest BCUT2D eigenvalue weighted by atomic mass is 16.5. The van der Waals surface area contributed by atoms with E-state index in [1.165, 1.54) is 17.7 Å². The Bertz CT molecular complexity index is 472. The van der Waals surface area contributed by atoms with E-state index in [0.29, 0.717) is 18.1 Å². The van der Waals surface area contributed by atoms with Crippen molar-refractivity contribution >= 4 is 5.69 Å². The fraction of sp³-hybridized carbons (Fsp3) is 0.647. The highest BCUT2D eigenvalue weighted by molar-refractivity contribution is 5.53.